The van der Waals surface area contributed by atoms with Crippen LogP contribution in [0.25, 0.3) is 0 Å². The first kappa shape index (κ1) is 17.3. The smallest absolute Gasteiger partial charge is 0.226 e. The molecule has 1 aromatic rings. The van der Waals surface area contributed by atoms with Gasteiger partial charge in [0, 0.05) is 13.5 Å². The summed E-state index contributed by atoms with van der Waals surface area (Å²) in [6.45, 7) is 7.55. The van der Waals surface area contributed by atoms with E-state index in [0.717, 1.165) is 12.0 Å². The van der Waals surface area contributed by atoms with E-state index in [1.165, 1.54) is 5.57 Å². The summed E-state index contributed by atoms with van der Waals surface area (Å²) in [6, 6.07) is 3.83. The molecule has 0 atom stereocenters. The number of ether oxygens (including phenoxy) is 1. The molecule has 0 unspecified atom stereocenters. The molecule has 1 amide bonds. The summed E-state index contributed by atoms with van der Waals surface area (Å²) in [6.07, 6.45) is 4.90. The molecule has 0 fully saturated rings. The molecule has 0 aliphatic carbocycles. The Balaban J connectivity index is 3.27. The fraction of sp³-hybridized carbons (Fsp3) is 0.353. The molecule has 0 saturated carbocycles. The first-order valence-electron chi connectivity index (χ1n) is 6.85. The summed E-state index contributed by atoms with van der Waals surface area (Å²) in [5.41, 5.74) is 2.88. The topological polar surface area (TPSA) is 29.5 Å². The minimum atomic E-state index is 0.00876. The van der Waals surface area contributed by atoms with Gasteiger partial charge < -0.3 is 9.64 Å². The zero-order valence-corrected chi connectivity index (χ0v) is 13.8. The van der Waals surface area contributed by atoms with Crippen molar-refractivity contribution in [3.8, 4) is 5.75 Å². The van der Waals surface area contributed by atoms with Crippen LogP contribution in [-0.2, 0) is 11.2 Å². The number of carbonyl (C=O) groups excluding carboxylic acids is 1. The lowest BCUT2D eigenvalue weighted by Gasteiger charge is -2.21. The van der Waals surface area contributed by atoms with Gasteiger partial charge in [0.15, 0.2) is 0 Å². The standard InChI is InChI=1S/C17H22ClNO2/c1-6-8-12(3)9-13-10-14(19(4)16(20)7-2)17(18)15(11-13)21-5/h6,8,10-11H,1,7,9H2,2-5H3/b12-8+. The summed E-state index contributed by atoms with van der Waals surface area (Å²) in [5, 5.41) is 0.455. The number of methoxy groups -OCH3 is 1. The number of amides is 1. The molecule has 0 aromatic heterocycles. The Bertz CT molecular complexity index is 564. The second-order valence-corrected chi connectivity index (χ2v) is 5.24. The Kier molecular flexibility index (Phi) is 6.50. The molecule has 0 heterocycles. The minimum absolute atomic E-state index is 0.00876. The number of anilines is 1. The van der Waals surface area contributed by atoms with Crippen molar-refractivity contribution in [3.63, 3.8) is 0 Å². The molecule has 0 bridgehead atoms. The maximum absolute atomic E-state index is 11.9. The Hall–Kier alpha value is -1.74. The summed E-state index contributed by atoms with van der Waals surface area (Å²) in [7, 11) is 3.30. The number of rotatable bonds is 6. The normalized spacial score (nSPS) is 11.2. The van der Waals surface area contributed by atoms with E-state index in [1.54, 1.807) is 25.1 Å². The highest BCUT2D eigenvalue weighted by atomic mass is 35.5. The number of hydrogen-bond acceptors (Lipinski definition) is 2. The predicted molar refractivity (Wildman–Crippen MR) is 89.4 cm³/mol. The van der Waals surface area contributed by atoms with Crippen LogP contribution in [-0.4, -0.2) is 20.1 Å². The van der Waals surface area contributed by atoms with Crippen LogP contribution in [0, 0.1) is 0 Å². The summed E-state index contributed by atoms with van der Waals surface area (Å²) < 4.78 is 5.32. The number of hydrogen-bond donors (Lipinski definition) is 0. The van der Waals surface area contributed by atoms with Crippen LogP contribution >= 0.6 is 11.6 Å². The second kappa shape index (κ2) is 7.89. The molecule has 0 radical (unpaired) electrons. The van der Waals surface area contributed by atoms with E-state index >= 15 is 0 Å². The SMILES string of the molecule is C=C/C=C(\C)Cc1cc(OC)c(Cl)c(N(C)C(=O)CC)c1. The quantitative estimate of drug-likeness (QED) is 0.729. The monoisotopic (exact) mass is 307 g/mol. The highest BCUT2D eigenvalue weighted by Gasteiger charge is 2.17. The molecular weight excluding hydrogens is 286 g/mol. The first-order valence-corrected chi connectivity index (χ1v) is 7.23. The molecule has 1 rings (SSSR count). The van der Waals surface area contributed by atoms with Gasteiger partial charge in [0.1, 0.15) is 10.8 Å². The fourth-order valence-corrected chi connectivity index (χ4v) is 2.40. The van der Waals surface area contributed by atoms with Gasteiger partial charge in [-0.3, -0.25) is 4.79 Å². The van der Waals surface area contributed by atoms with Crippen molar-refractivity contribution in [2.45, 2.75) is 26.7 Å². The lowest BCUT2D eigenvalue weighted by molar-refractivity contribution is -0.118. The molecular formula is C17H22ClNO2. The van der Waals surface area contributed by atoms with E-state index in [0.29, 0.717) is 22.9 Å². The molecule has 0 saturated heterocycles. The molecule has 0 spiro atoms. The number of benzene rings is 1. The van der Waals surface area contributed by atoms with Crippen molar-refractivity contribution in [1.82, 2.24) is 0 Å². The molecule has 4 heteroatoms. The third-order valence-corrected chi connectivity index (χ3v) is 3.60. The Morgan fingerprint density at radius 2 is 2.14 bits per heavy atom. The predicted octanol–water partition coefficient (Wildman–Crippen LogP) is 4.40. The highest BCUT2D eigenvalue weighted by molar-refractivity contribution is 6.35. The number of allylic oxidation sites excluding steroid dienone is 3. The van der Waals surface area contributed by atoms with E-state index in [9.17, 15) is 4.79 Å². The van der Waals surface area contributed by atoms with Gasteiger partial charge in [-0.25, -0.2) is 0 Å². The minimum Gasteiger partial charge on any atom is -0.495 e. The average molecular weight is 308 g/mol. The van der Waals surface area contributed by atoms with Crippen LogP contribution in [0.1, 0.15) is 25.8 Å². The van der Waals surface area contributed by atoms with Gasteiger partial charge in [-0.2, -0.15) is 0 Å². The van der Waals surface area contributed by atoms with E-state index in [1.807, 2.05) is 32.1 Å². The summed E-state index contributed by atoms with van der Waals surface area (Å²) >= 11 is 6.32. The van der Waals surface area contributed by atoms with Gasteiger partial charge in [0.25, 0.3) is 0 Å². The van der Waals surface area contributed by atoms with Gasteiger partial charge in [0.05, 0.1) is 12.8 Å². The highest BCUT2D eigenvalue weighted by Crippen LogP contribution is 2.36. The van der Waals surface area contributed by atoms with Gasteiger partial charge >= 0.3 is 0 Å². The van der Waals surface area contributed by atoms with Gasteiger partial charge in [-0.05, 0) is 31.0 Å². The van der Waals surface area contributed by atoms with Crippen LogP contribution in [0.2, 0.25) is 5.02 Å². The van der Waals surface area contributed by atoms with Crippen LogP contribution in [0.15, 0.2) is 36.4 Å². The Labute approximate surface area is 131 Å². The third-order valence-electron chi connectivity index (χ3n) is 3.22. The Morgan fingerprint density at radius 3 is 2.67 bits per heavy atom. The summed E-state index contributed by atoms with van der Waals surface area (Å²) in [5.74, 6) is 0.584. The maximum atomic E-state index is 11.9. The van der Waals surface area contributed by atoms with Gasteiger partial charge in [-0.1, -0.05) is 42.8 Å². The van der Waals surface area contributed by atoms with Crippen LogP contribution in [0.5, 0.6) is 5.75 Å². The van der Waals surface area contributed by atoms with E-state index < -0.39 is 0 Å². The van der Waals surface area contributed by atoms with Crippen LogP contribution in [0.4, 0.5) is 5.69 Å². The van der Waals surface area contributed by atoms with Crippen molar-refractivity contribution in [2.75, 3.05) is 19.1 Å². The van der Waals surface area contributed by atoms with Crippen molar-refractivity contribution in [1.29, 1.82) is 0 Å². The average Bonchev–Trinajstić information content (AvgIpc) is 2.47. The number of nitrogens with zero attached hydrogens (tertiary/aromatic N) is 1. The third kappa shape index (κ3) is 4.36. The second-order valence-electron chi connectivity index (χ2n) is 4.86. The van der Waals surface area contributed by atoms with Crippen molar-refractivity contribution in [2.24, 2.45) is 0 Å². The molecule has 0 aliphatic rings. The van der Waals surface area contributed by atoms with Crippen LogP contribution < -0.4 is 9.64 Å². The summed E-state index contributed by atoms with van der Waals surface area (Å²) in [4.78, 5) is 13.5. The van der Waals surface area contributed by atoms with Crippen molar-refractivity contribution in [3.05, 3.63) is 47.0 Å². The number of carbonyl (C=O) groups is 1. The van der Waals surface area contributed by atoms with Gasteiger partial charge in [0.2, 0.25) is 5.91 Å². The maximum Gasteiger partial charge on any atom is 0.226 e. The molecule has 0 aliphatic heterocycles. The zero-order chi connectivity index (χ0) is 16.0. The fourth-order valence-electron chi connectivity index (χ4n) is 2.09. The molecule has 21 heavy (non-hydrogen) atoms. The lowest BCUT2D eigenvalue weighted by atomic mass is 10.0. The number of halogens is 1. The molecule has 1 aromatic carbocycles. The van der Waals surface area contributed by atoms with Gasteiger partial charge in [-0.15, -0.1) is 0 Å². The van der Waals surface area contributed by atoms with E-state index in [4.69, 9.17) is 16.3 Å². The van der Waals surface area contributed by atoms with E-state index in [-0.39, 0.29) is 5.91 Å². The van der Waals surface area contributed by atoms with Crippen molar-refractivity contribution < 1.29 is 9.53 Å². The molecule has 0 N–H and O–H groups in total. The van der Waals surface area contributed by atoms with Crippen molar-refractivity contribution >= 4 is 23.2 Å². The largest absolute Gasteiger partial charge is 0.495 e. The lowest BCUT2D eigenvalue weighted by Crippen LogP contribution is -2.25. The Morgan fingerprint density at radius 1 is 1.48 bits per heavy atom. The first-order chi connectivity index (χ1) is 9.94. The molecule has 3 nitrogen and oxygen atoms in total. The molecule has 114 valence electrons. The van der Waals surface area contributed by atoms with E-state index in [2.05, 4.69) is 6.58 Å². The van der Waals surface area contributed by atoms with Crippen LogP contribution in [0.3, 0.4) is 0 Å². The zero-order valence-electron chi connectivity index (χ0n) is 13.1.